The molecule has 118 valence electrons. The third-order valence-electron chi connectivity index (χ3n) is 4.90. The van der Waals surface area contributed by atoms with Gasteiger partial charge in [0, 0.05) is 39.0 Å². The molecule has 3 rings (SSSR count). The average molecular weight is 304 g/mol. The number of carbonyl (C=O) groups excluding carboxylic acids is 1. The molecule has 7 nitrogen and oxygen atoms in total. The lowest BCUT2D eigenvalue weighted by Gasteiger charge is -2.39. The van der Waals surface area contributed by atoms with Crippen molar-refractivity contribution in [2.24, 2.45) is 5.41 Å². The van der Waals surface area contributed by atoms with Crippen LogP contribution in [0.2, 0.25) is 0 Å². The first-order valence-corrected chi connectivity index (χ1v) is 7.52. The van der Waals surface area contributed by atoms with Gasteiger partial charge in [-0.05, 0) is 24.7 Å². The number of piperidine rings is 1. The zero-order valence-electron chi connectivity index (χ0n) is 12.6. The lowest BCUT2D eigenvalue weighted by Crippen LogP contribution is -2.42. The number of aliphatic carboxylic acids is 1. The highest BCUT2D eigenvalue weighted by Crippen LogP contribution is 2.43. The van der Waals surface area contributed by atoms with E-state index in [0.717, 1.165) is 31.7 Å². The minimum atomic E-state index is -0.900. The van der Waals surface area contributed by atoms with Crippen molar-refractivity contribution in [1.82, 2.24) is 14.9 Å². The van der Waals surface area contributed by atoms with Crippen LogP contribution >= 0.6 is 0 Å². The van der Waals surface area contributed by atoms with Crippen LogP contribution in [0.5, 0.6) is 0 Å². The molecular formula is C15H20N4O3. The van der Waals surface area contributed by atoms with Gasteiger partial charge in [-0.2, -0.15) is 0 Å². The van der Waals surface area contributed by atoms with Crippen LogP contribution in [-0.2, 0) is 9.59 Å². The summed E-state index contributed by atoms with van der Waals surface area (Å²) in [5.41, 5.74) is -0.0760. The zero-order chi connectivity index (χ0) is 15.7. The number of amides is 1. The Morgan fingerprint density at radius 2 is 2.05 bits per heavy atom. The lowest BCUT2D eigenvalue weighted by atomic mass is 9.76. The summed E-state index contributed by atoms with van der Waals surface area (Å²) >= 11 is 0. The third-order valence-corrected chi connectivity index (χ3v) is 4.90. The first-order chi connectivity index (χ1) is 10.5. The highest BCUT2D eigenvalue weighted by Gasteiger charge is 2.49. The van der Waals surface area contributed by atoms with Gasteiger partial charge in [-0.25, -0.2) is 9.78 Å². The van der Waals surface area contributed by atoms with Crippen LogP contribution in [-0.4, -0.2) is 57.5 Å². The number of likely N-dealkylation sites (tertiary alicyclic amines) is 1. The van der Waals surface area contributed by atoms with Gasteiger partial charge >= 0.3 is 5.97 Å². The molecule has 1 spiro atoms. The maximum atomic E-state index is 11.7. The molecule has 0 aromatic carbocycles. The largest absolute Gasteiger partial charge is 0.480 e. The van der Waals surface area contributed by atoms with Crippen LogP contribution in [0.1, 0.15) is 26.2 Å². The Labute approximate surface area is 129 Å². The molecule has 0 radical (unpaired) electrons. The molecule has 1 amide bonds. The molecule has 2 saturated heterocycles. The molecule has 2 fully saturated rings. The summed E-state index contributed by atoms with van der Waals surface area (Å²) in [4.78, 5) is 35.2. The van der Waals surface area contributed by atoms with Gasteiger partial charge in [-0.15, -0.1) is 0 Å². The van der Waals surface area contributed by atoms with E-state index in [9.17, 15) is 14.7 Å². The average Bonchev–Trinajstić information content (AvgIpc) is 2.89. The molecule has 1 aromatic heterocycles. The summed E-state index contributed by atoms with van der Waals surface area (Å²) in [5, 5.41) is 9.35. The van der Waals surface area contributed by atoms with Crippen LogP contribution in [0.25, 0.3) is 0 Å². The Morgan fingerprint density at radius 1 is 1.32 bits per heavy atom. The Bertz CT molecular complexity index is 545. The Morgan fingerprint density at radius 3 is 2.55 bits per heavy atom. The summed E-state index contributed by atoms with van der Waals surface area (Å²) in [6.45, 7) is 3.63. The number of rotatable bonds is 2. The fourth-order valence-corrected chi connectivity index (χ4v) is 3.63. The first kappa shape index (κ1) is 14.7. The van der Waals surface area contributed by atoms with Crippen molar-refractivity contribution >= 4 is 17.7 Å². The highest BCUT2D eigenvalue weighted by molar-refractivity contribution is 5.83. The molecule has 22 heavy (non-hydrogen) atoms. The van der Waals surface area contributed by atoms with Crippen LogP contribution in [0.3, 0.4) is 0 Å². The van der Waals surface area contributed by atoms with Crippen LogP contribution in [0.15, 0.2) is 18.6 Å². The SMILES string of the molecule is CC(=O)N1CC2(CCN(c3cnccn3)CC2)CC1C(=O)O. The quantitative estimate of drug-likeness (QED) is 0.868. The second-order valence-electron chi connectivity index (χ2n) is 6.26. The molecule has 2 aliphatic rings. The van der Waals surface area contributed by atoms with E-state index in [1.165, 1.54) is 11.8 Å². The number of hydrogen-bond acceptors (Lipinski definition) is 5. The van der Waals surface area contributed by atoms with Gasteiger partial charge in [0.05, 0.1) is 6.20 Å². The van der Waals surface area contributed by atoms with Crippen molar-refractivity contribution in [2.75, 3.05) is 24.5 Å². The number of carbonyl (C=O) groups is 2. The maximum Gasteiger partial charge on any atom is 0.326 e. The second-order valence-corrected chi connectivity index (χ2v) is 6.26. The summed E-state index contributed by atoms with van der Waals surface area (Å²) in [6, 6.07) is -0.680. The first-order valence-electron chi connectivity index (χ1n) is 7.52. The van der Waals surface area contributed by atoms with E-state index in [-0.39, 0.29) is 11.3 Å². The van der Waals surface area contributed by atoms with E-state index in [0.29, 0.717) is 13.0 Å². The summed E-state index contributed by atoms with van der Waals surface area (Å²) in [5.74, 6) is -0.197. The van der Waals surface area contributed by atoms with Crippen molar-refractivity contribution in [2.45, 2.75) is 32.2 Å². The van der Waals surface area contributed by atoms with Crippen molar-refractivity contribution < 1.29 is 14.7 Å². The molecule has 3 heterocycles. The van der Waals surface area contributed by atoms with Gasteiger partial charge in [0.1, 0.15) is 11.9 Å². The molecule has 1 aromatic rings. The Kier molecular flexibility index (Phi) is 3.72. The summed E-state index contributed by atoms with van der Waals surface area (Å²) in [7, 11) is 0. The van der Waals surface area contributed by atoms with E-state index in [1.807, 2.05) is 0 Å². The van der Waals surface area contributed by atoms with Gasteiger partial charge in [0.25, 0.3) is 0 Å². The van der Waals surface area contributed by atoms with E-state index >= 15 is 0 Å². The predicted octanol–water partition coefficient (Wildman–Crippen LogP) is 0.769. The molecular weight excluding hydrogens is 284 g/mol. The summed E-state index contributed by atoms with van der Waals surface area (Å²) in [6.07, 6.45) is 7.36. The minimum absolute atomic E-state index is 0.0760. The van der Waals surface area contributed by atoms with Crippen LogP contribution < -0.4 is 4.90 Å². The number of nitrogens with zero attached hydrogens (tertiary/aromatic N) is 4. The third kappa shape index (κ3) is 2.63. The van der Waals surface area contributed by atoms with E-state index in [4.69, 9.17) is 0 Å². The Balaban J connectivity index is 1.70. The fourth-order valence-electron chi connectivity index (χ4n) is 3.63. The van der Waals surface area contributed by atoms with Crippen LogP contribution in [0, 0.1) is 5.41 Å². The molecule has 1 N–H and O–H groups in total. The van der Waals surface area contributed by atoms with E-state index in [1.54, 1.807) is 18.6 Å². The van der Waals surface area contributed by atoms with Gasteiger partial charge in [-0.1, -0.05) is 0 Å². The smallest absolute Gasteiger partial charge is 0.326 e. The van der Waals surface area contributed by atoms with Crippen molar-refractivity contribution in [3.63, 3.8) is 0 Å². The van der Waals surface area contributed by atoms with Gasteiger partial charge in [-0.3, -0.25) is 9.78 Å². The monoisotopic (exact) mass is 304 g/mol. The summed E-state index contributed by atoms with van der Waals surface area (Å²) < 4.78 is 0. The Hall–Kier alpha value is -2.18. The second kappa shape index (κ2) is 5.55. The zero-order valence-corrected chi connectivity index (χ0v) is 12.6. The molecule has 1 atom stereocenters. The molecule has 0 saturated carbocycles. The van der Waals surface area contributed by atoms with Crippen molar-refractivity contribution in [1.29, 1.82) is 0 Å². The topological polar surface area (TPSA) is 86.6 Å². The standard InChI is InChI=1S/C15H20N4O3/c1-11(20)19-10-15(8-12(19)14(21)22)2-6-18(7-3-15)13-9-16-4-5-17-13/h4-5,9,12H,2-3,6-8,10H2,1H3,(H,21,22). The van der Waals surface area contributed by atoms with Gasteiger partial charge in [0.15, 0.2) is 0 Å². The van der Waals surface area contributed by atoms with E-state index in [2.05, 4.69) is 14.9 Å². The highest BCUT2D eigenvalue weighted by atomic mass is 16.4. The maximum absolute atomic E-state index is 11.7. The number of carboxylic acid groups (broad SMARTS) is 1. The van der Waals surface area contributed by atoms with Crippen molar-refractivity contribution in [3.05, 3.63) is 18.6 Å². The van der Waals surface area contributed by atoms with Gasteiger partial charge in [0.2, 0.25) is 5.91 Å². The fraction of sp³-hybridized carbons (Fsp3) is 0.600. The lowest BCUT2D eigenvalue weighted by molar-refractivity contribution is -0.147. The number of anilines is 1. The molecule has 0 bridgehead atoms. The molecule has 0 aliphatic carbocycles. The number of aromatic nitrogens is 2. The molecule has 2 aliphatic heterocycles. The molecule has 7 heteroatoms. The number of carboxylic acids is 1. The van der Waals surface area contributed by atoms with Gasteiger partial charge < -0.3 is 14.9 Å². The number of hydrogen-bond donors (Lipinski definition) is 1. The normalized spacial score (nSPS) is 23.8. The molecule has 1 unspecified atom stereocenters. The minimum Gasteiger partial charge on any atom is -0.480 e. The van der Waals surface area contributed by atoms with Crippen molar-refractivity contribution in [3.8, 4) is 0 Å². The predicted molar refractivity (Wildman–Crippen MR) is 79.3 cm³/mol. The van der Waals surface area contributed by atoms with E-state index < -0.39 is 12.0 Å². The van der Waals surface area contributed by atoms with Crippen LogP contribution in [0.4, 0.5) is 5.82 Å².